The van der Waals surface area contributed by atoms with Crippen molar-refractivity contribution < 1.29 is 9.32 Å². The van der Waals surface area contributed by atoms with Crippen molar-refractivity contribution in [1.29, 1.82) is 0 Å². The molecule has 4 rings (SSSR count). The Balaban J connectivity index is 1.57. The Morgan fingerprint density at radius 2 is 2.07 bits per heavy atom. The molecule has 0 aliphatic heterocycles. The van der Waals surface area contributed by atoms with E-state index < -0.39 is 5.76 Å². The number of benzene rings is 2. The van der Waals surface area contributed by atoms with Gasteiger partial charge in [0.2, 0.25) is 5.91 Å². The quantitative estimate of drug-likeness (QED) is 0.520. The average molecular weight is 427 g/mol. The van der Waals surface area contributed by atoms with Crippen LogP contribution in [0.5, 0.6) is 0 Å². The Bertz CT molecular complexity index is 1210. The minimum atomic E-state index is -0.625. The Kier molecular flexibility index (Phi) is 4.41. The van der Waals surface area contributed by atoms with E-state index in [1.54, 1.807) is 24.3 Å². The van der Waals surface area contributed by atoms with E-state index in [-0.39, 0.29) is 12.5 Å². The first-order chi connectivity index (χ1) is 13.0. The van der Waals surface area contributed by atoms with E-state index in [0.717, 1.165) is 21.1 Å². The molecule has 0 saturated heterocycles. The van der Waals surface area contributed by atoms with Crippen LogP contribution in [0.25, 0.3) is 22.3 Å². The maximum Gasteiger partial charge on any atom is 0.439 e. The lowest BCUT2D eigenvalue weighted by Gasteiger charge is -2.10. The number of amides is 1. The molecule has 2 heterocycles. The molecule has 0 aliphatic carbocycles. The molecule has 2 N–H and O–H groups in total. The first-order valence-electron chi connectivity index (χ1n) is 8.22. The highest BCUT2D eigenvalue weighted by Crippen LogP contribution is 2.30. The lowest BCUT2D eigenvalue weighted by Crippen LogP contribution is -2.19. The number of carbonyl (C=O) groups is 1. The first kappa shape index (κ1) is 17.3. The van der Waals surface area contributed by atoms with Crippen LogP contribution in [0.15, 0.2) is 62.3 Å². The molecule has 0 unspecified atom stereocenters. The number of aromatic amines is 1. The predicted molar refractivity (Wildman–Crippen MR) is 106 cm³/mol. The normalized spacial score (nSPS) is 11.0. The fraction of sp³-hybridized carbons (Fsp3) is 0.105. The lowest BCUT2D eigenvalue weighted by molar-refractivity contribution is -0.116. The van der Waals surface area contributed by atoms with E-state index in [1.165, 1.54) is 0 Å². The molecule has 0 radical (unpaired) electrons. The van der Waals surface area contributed by atoms with Crippen molar-refractivity contribution in [3.63, 3.8) is 0 Å². The third-order valence-corrected chi connectivity index (χ3v) is 5.32. The summed E-state index contributed by atoms with van der Waals surface area (Å²) in [5, 5.41) is 7.61. The SMILES string of the molecule is Cc1c(Br)c2ccccc2n1CC(=O)Nc1cccc(-c2noc(=O)[nH]2)c1. The molecule has 0 spiro atoms. The topological polar surface area (TPSA) is 92.9 Å². The smallest absolute Gasteiger partial charge is 0.334 e. The maximum absolute atomic E-state index is 12.6. The predicted octanol–water partition coefficient (Wildman–Crippen LogP) is 3.69. The zero-order valence-electron chi connectivity index (χ0n) is 14.3. The molecule has 0 saturated carbocycles. The van der Waals surface area contributed by atoms with Crippen LogP contribution in [0.2, 0.25) is 0 Å². The Morgan fingerprint density at radius 3 is 2.85 bits per heavy atom. The lowest BCUT2D eigenvalue weighted by atomic mass is 10.2. The minimum Gasteiger partial charge on any atom is -0.334 e. The number of nitrogens with zero attached hydrogens (tertiary/aromatic N) is 2. The van der Waals surface area contributed by atoms with Crippen molar-refractivity contribution in [3.05, 3.63) is 69.2 Å². The molecule has 0 atom stereocenters. The fourth-order valence-corrected chi connectivity index (χ4v) is 3.58. The first-order valence-corrected chi connectivity index (χ1v) is 9.02. The second-order valence-corrected chi connectivity index (χ2v) is 6.87. The van der Waals surface area contributed by atoms with Gasteiger partial charge in [-0.1, -0.05) is 35.5 Å². The van der Waals surface area contributed by atoms with Gasteiger partial charge in [-0.25, -0.2) is 4.79 Å². The summed E-state index contributed by atoms with van der Waals surface area (Å²) in [5.41, 5.74) is 3.23. The van der Waals surface area contributed by atoms with E-state index in [2.05, 4.69) is 35.9 Å². The van der Waals surface area contributed by atoms with Gasteiger partial charge in [-0.15, -0.1) is 0 Å². The van der Waals surface area contributed by atoms with Gasteiger partial charge in [0.05, 0.1) is 0 Å². The van der Waals surface area contributed by atoms with Crippen molar-refractivity contribution >= 4 is 38.4 Å². The number of rotatable bonds is 4. The largest absolute Gasteiger partial charge is 0.439 e. The number of carbonyl (C=O) groups excluding carboxylic acids is 1. The Labute approximate surface area is 162 Å². The molecule has 27 heavy (non-hydrogen) atoms. The van der Waals surface area contributed by atoms with Crippen molar-refractivity contribution in [2.45, 2.75) is 13.5 Å². The van der Waals surface area contributed by atoms with Crippen LogP contribution in [0.1, 0.15) is 5.69 Å². The highest BCUT2D eigenvalue weighted by Gasteiger charge is 2.14. The van der Waals surface area contributed by atoms with Crippen LogP contribution in [0, 0.1) is 6.92 Å². The molecule has 2 aromatic carbocycles. The monoisotopic (exact) mass is 426 g/mol. The van der Waals surface area contributed by atoms with Crippen LogP contribution < -0.4 is 11.1 Å². The summed E-state index contributed by atoms with van der Waals surface area (Å²) in [6.07, 6.45) is 0. The third kappa shape index (κ3) is 3.31. The number of hydrogen-bond donors (Lipinski definition) is 2. The van der Waals surface area contributed by atoms with E-state index in [0.29, 0.717) is 17.1 Å². The number of para-hydroxylation sites is 1. The van der Waals surface area contributed by atoms with Gasteiger partial charge in [-0.3, -0.25) is 14.3 Å². The molecule has 2 aromatic heterocycles. The van der Waals surface area contributed by atoms with Crippen molar-refractivity contribution in [2.24, 2.45) is 0 Å². The van der Waals surface area contributed by atoms with E-state index in [4.69, 9.17) is 0 Å². The van der Waals surface area contributed by atoms with Crippen molar-refractivity contribution in [3.8, 4) is 11.4 Å². The summed E-state index contributed by atoms with van der Waals surface area (Å²) in [6, 6.07) is 15.0. The van der Waals surface area contributed by atoms with Gasteiger partial charge < -0.3 is 9.88 Å². The number of fused-ring (bicyclic) bond motifs is 1. The van der Waals surface area contributed by atoms with Crippen LogP contribution in [0.3, 0.4) is 0 Å². The zero-order valence-corrected chi connectivity index (χ0v) is 15.9. The molecular formula is C19H15BrN4O3. The summed E-state index contributed by atoms with van der Waals surface area (Å²) in [7, 11) is 0. The van der Waals surface area contributed by atoms with Gasteiger partial charge >= 0.3 is 5.76 Å². The summed E-state index contributed by atoms with van der Waals surface area (Å²) < 4.78 is 7.47. The van der Waals surface area contributed by atoms with Crippen molar-refractivity contribution in [1.82, 2.24) is 14.7 Å². The molecule has 0 fully saturated rings. The average Bonchev–Trinajstić information content (AvgIpc) is 3.20. The number of hydrogen-bond acceptors (Lipinski definition) is 4. The standard InChI is InChI=1S/C19H15BrN4O3/c1-11-17(20)14-7-2-3-8-15(14)24(11)10-16(25)21-13-6-4-5-12(9-13)18-22-19(26)27-23-18/h2-9H,10H2,1H3,(H,21,25)(H,22,23,26). The third-order valence-electron chi connectivity index (χ3n) is 4.32. The zero-order chi connectivity index (χ0) is 19.0. The second-order valence-electron chi connectivity index (χ2n) is 6.08. The minimum absolute atomic E-state index is 0.155. The number of nitrogens with one attached hydrogen (secondary N) is 2. The molecule has 0 aliphatic rings. The highest BCUT2D eigenvalue weighted by atomic mass is 79.9. The van der Waals surface area contributed by atoms with E-state index >= 15 is 0 Å². The van der Waals surface area contributed by atoms with Crippen LogP contribution in [0.4, 0.5) is 5.69 Å². The molecule has 136 valence electrons. The van der Waals surface area contributed by atoms with Gasteiger partial charge in [0.15, 0.2) is 5.82 Å². The highest BCUT2D eigenvalue weighted by molar-refractivity contribution is 9.10. The summed E-state index contributed by atoms with van der Waals surface area (Å²) >= 11 is 3.60. The Hall–Kier alpha value is -3.13. The molecule has 1 amide bonds. The van der Waals surface area contributed by atoms with Crippen LogP contribution in [-0.4, -0.2) is 20.6 Å². The number of aromatic nitrogens is 3. The van der Waals surface area contributed by atoms with Gasteiger partial charge in [-0.2, -0.15) is 0 Å². The summed E-state index contributed by atoms with van der Waals surface area (Å²) in [6.45, 7) is 2.15. The van der Waals surface area contributed by atoms with Gasteiger partial charge in [0.25, 0.3) is 0 Å². The Morgan fingerprint density at radius 1 is 1.26 bits per heavy atom. The molecule has 4 aromatic rings. The van der Waals surface area contributed by atoms with Gasteiger partial charge in [0.1, 0.15) is 6.54 Å². The van der Waals surface area contributed by atoms with Crippen LogP contribution in [-0.2, 0) is 11.3 Å². The summed E-state index contributed by atoms with van der Waals surface area (Å²) in [4.78, 5) is 26.2. The molecule has 8 heteroatoms. The number of H-pyrrole nitrogens is 1. The second kappa shape index (κ2) is 6.88. The van der Waals surface area contributed by atoms with E-state index in [9.17, 15) is 9.59 Å². The van der Waals surface area contributed by atoms with Crippen molar-refractivity contribution in [2.75, 3.05) is 5.32 Å². The summed E-state index contributed by atoms with van der Waals surface area (Å²) in [5.74, 6) is -0.468. The van der Waals surface area contributed by atoms with Gasteiger partial charge in [-0.05, 0) is 41.1 Å². The van der Waals surface area contributed by atoms with E-state index in [1.807, 2.05) is 35.8 Å². The fourth-order valence-electron chi connectivity index (χ4n) is 3.04. The molecule has 7 nitrogen and oxygen atoms in total. The van der Waals surface area contributed by atoms with Crippen LogP contribution >= 0.6 is 15.9 Å². The molecule has 0 bridgehead atoms. The molecular weight excluding hydrogens is 412 g/mol. The van der Waals surface area contributed by atoms with Gasteiger partial charge in [0, 0.05) is 32.3 Å². The number of anilines is 1. The number of halogens is 1. The maximum atomic E-state index is 12.6.